The van der Waals surface area contributed by atoms with Crippen molar-refractivity contribution in [3.8, 4) is 11.3 Å². The average Bonchev–Trinajstić information content (AvgIpc) is 3.17. The van der Waals surface area contributed by atoms with Gasteiger partial charge in [-0.25, -0.2) is 0 Å². The minimum absolute atomic E-state index is 0.106. The zero-order valence-electron chi connectivity index (χ0n) is 17.5. The molecule has 0 bridgehead atoms. The van der Waals surface area contributed by atoms with E-state index in [1.165, 1.54) is 55.4 Å². The zero-order chi connectivity index (χ0) is 24.2. The van der Waals surface area contributed by atoms with Crippen molar-refractivity contribution in [2.75, 3.05) is 18.6 Å². The SMILES string of the molecule is C=C/C=C(\C=NC)n1nc(-c2ccc(C(F)(F)F)cc2)cc(C(=O)N[C@@H]2CSC[C@@H]2O)c1=O. The van der Waals surface area contributed by atoms with Crippen molar-refractivity contribution in [3.63, 3.8) is 0 Å². The van der Waals surface area contributed by atoms with E-state index in [0.717, 1.165) is 16.8 Å². The molecule has 1 saturated heterocycles. The first-order valence-electron chi connectivity index (χ1n) is 9.79. The van der Waals surface area contributed by atoms with Crippen LogP contribution in [0.1, 0.15) is 15.9 Å². The standard InChI is InChI=1S/C22H21F3N4O3S/c1-3-4-15(10-26-2)29-21(32)16(20(31)27-18-11-33-12-19(18)30)9-17(28-29)13-5-7-14(8-6-13)22(23,24)25/h3-10,18-19,30H,1,11-12H2,2H3,(H,27,31)/b15-4+,26-10?/t18-,19+/m1/s1. The maximum atomic E-state index is 13.1. The number of hydrogen-bond acceptors (Lipinski definition) is 6. The van der Waals surface area contributed by atoms with E-state index in [1.807, 2.05) is 0 Å². The molecule has 1 aliphatic heterocycles. The van der Waals surface area contributed by atoms with Gasteiger partial charge in [0.15, 0.2) is 0 Å². The molecule has 0 spiro atoms. The van der Waals surface area contributed by atoms with Crippen molar-refractivity contribution < 1.29 is 23.1 Å². The normalized spacial score (nSPS) is 19.1. The monoisotopic (exact) mass is 478 g/mol. The Kier molecular flexibility index (Phi) is 7.54. The fourth-order valence-corrected chi connectivity index (χ4v) is 4.32. The first-order valence-corrected chi connectivity index (χ1v) is 10.9. The van der Waals surface area contributed by atoms with Gasteiger partial charge in [-0.3, -0.25) is 14.6 Å². The van der Waals surface area contributed by atoms with Crippen LogP contribution in [0.4, 0.5) is 13.2 Å². The Bertz CT molecular complexity index is 1160. The molecule has 1 amide bonds. The summed E-state index contributed by atoms with van der Waals surface area (Å²) in [6.07, 6.45) is -1.06. The fourth-order valence-electron chi connectivity index (χ4n) is 3.15. The molecule has 0 saturated carbocycles. The van der Waals surface area contributed by atoms with Crippen molar-refractivity contribution in [1.29, 1.82) is 0 Å². The van der Waals surface area contributed by atoms with Gasteiger partial charge in [-0.1, -0.05) is 24.8 Å². The van der Waals surface area contributed by atoms with Gasteiger partial charge in [-0.2, -0.15) is 34.7 Å². The minimum Gasteiger partial charge on any atom is -0.390 e. The number of aliphatic hydroxyl groups excluding tert-OH is 1. The van der Waals surface area contributed by atoms with Crippen molar-refractivity contribution in [2.45, 2.75) is 18.3 Å². The molecule has 174 valence electrons. The summed E-state index contributed by atoms with van der Waals surface area (Å²) in [5, 5.41) is 16.9. The Morgan fingerprint density at radius 3 is 2.58 bits per heavy atom. The highest BCUT2D eigenvalue weighted by molar-refractivity contribution is 7.99. The first-order chi connectivity index (χ1) is 15.7. The number of benzene rings is 1. The Hall–Kier alpha value is -3.18. The van der Waals surface area contributed by atoms with Gasteiger partial charge in [0.2, 0.25) is 0 Å². The molecule has 1 aliphatic rings. The number of rotatable bonds is 6. The fraction of sp³-hybridized carbons (Fsp3) is 0.273. The zero-order valence-corrected chi connectivity index (χ0v) is 18.4. The molecule has 1 aromatic carbocycles. The highest BCUT2D eigenvalue weighted by atomic mass is 32.2. The molecule has 11 heteroatoms. The van der Waals surface area contributed by atoms with E-state index in [-0.39, 0.29) is 22.5 Å². The van der Waals surface area contributed by atoms with Gasteiger partial charge in [0, 0.05) is 30.3 Å². The lowest BCUT2D eigenvalue weighted by atomic mass is 10.1. The summed E-state index contributed by atoms with van der Waals surface area (Å²) in [4.78, 5) is 29.9. The molecule has 0 unspecified atom stereocenters. The number of alkyl halides is 3. The molecule has 1 fully saturated rings. The third kappa shape index (κ3) is 5.60. The molecule has 1 aromatic heterocycles. The number of allylic oxidation sites excluding steroid dienone is 3. The molecule has 33 heavy (non-hydrogen) atoms. The molecule has 0 radical (unpaired) electrons. The molecule has 2 heterocycles. The molecule has 3 rings (SSSR count). The molecule has 2 aromatic rings. The van der Waals surface area contributed by atoms with Crippen LogP contribution in [0.25, 0.3) is 17.0 Å². The van der Waals surface area contributed by atoms with Crippen LogP contribution in [0.5, 0.6) is 0 Å². The number of nitrogens with zero attached hydrogens (tertiary/aromatic N) is 3. The van der Waals surface area contributed by atoms with Gasteiger partial charge >= 0.3 is 6.18 Å². The van der Waals surface area contributed by atoms with Crippen LogP contribution in [-0.2, 0) is 6.18 Å². The minimum atomic E-state index is -4.51. The smallest absolute Gasteiger partial charge is 0.390 e. The number of aromatic nitrogens is 2. The number of halogens is 3. The lowest BCUT2D eigenvalue weighted by Crippen LogP contribution is -2.44. The van der Waals surface area contributed by atoms with Crippen LogP contribution in [0, 0.1) is 0 Å². The highest BCUT2D eigenvalue weighted by Gasteiger charge is 2.31. The number of aliphatic hydroxyl groups is 1. The number of hydrogen-bond donors (Lipinski definition) is 2. The summed E-state index contributed by atoms with van der Waals surface area (Å²) in [7, 11) is 1.48. The average molecular weight is 478 g/mol. The maximum Gasteiger partial charge on any atom is 0.416 e. The molecular formula is C22H21F3N4O3S. The number of carbonyl (C=O) groups is 1. The predicted molar refractivity (Wildman–Crippen MR) is 122 cm³/mol. The lowest BCUT2D eigenvalue weighted by molar-refractivity contribution is -0.137. The number of amides is 1. The van der Waals surface area contributed by atoms with E-state index in [4.69, 9.17) is 0 Å². The second kappa shape index (κ2) is 10.2. The maximum absolute atomic E-state index is 13.1. The Morgan fingerprint density at radius 2 is 2.03 bits per heavy atom. The van der Waals surface area contributed by atoms with E-state index in [1.54, 1.807) is 0 Å². The molecular weight excluding hydrogens is 457 g/mol. The largest absolute Gasteiger partial charge is 0.416 e. The van der Waals surface area contributed by atoms with Crippen molar-refractivity contribution in [3.05, 3.63) is 70.5 Å². The van der Waals surface area contributed by atoms with Crippen LogP contribution < -0.4 is 10.9 Å². The van der Waals surface area contributed by atoms with E-state index < -0.39 is 35.4 Å². The third-order valence-electron chi connectivity index (χ3n) is 4.83. The molecule has 2 N–H and O–H groups in total. The highest BCUT2D eigenvalue weighted by Crippen LogP contribution is 2.30. The second-order valence-electron chi connectivity index (χ2n) is 7.13. The summed E-state index contributed by atoms with van der Waals surface area (Å²) in [6, 6.07) is 4.91. The molecule has 0 aliphatic carbocycles. The second-order valence-corrected chi connectivity index (χ2v) is 8.21. The van der Waals surface area contributed by atoms with Crippen molar-refractivity contribution >= 4 is 29.6 Å². The lowest BCUT2D eigenvalue weighted by Gasteiger charge is -2.16. The van der Waals surface area contributed by atoms with Crippen LogP contribution in [-0.4, -0.2) is 57.7 Å². The summed E-state index contributed by atoms with van der Waals surface area (Å²) in [5.41, 5.74) is -1.28. The van der Waals surface area contributed by atoms with Crippen molar-refractivity contribution in [2.24, 2.45) is 4.99 Å². The van der Waals surface area contributed by atoms with Gasteiger partial charge in [0.05, 0.1) is 29.1 Å². The topological polar surface area (TPSA) is 96.6 Å². The summed E-state index contributed by atoms with van der Waals surface area (Å²) in [5.74, 6) is 0.228. The van der Waals surface area contributed by atoms with Gasteiger partial charge in [-0.05, 0) is 24.3 Å². The van der Waals surface area contributed by atoms with Gasteiger partial charge < -0.3 is 10.4 Å². The van der Waals surface area contributed by atoms with Gasteiger partial charge in [-0.15, -0.1) is 0 Å². The summed E-state index contributed by atoms with van der Waals surface area (Å²) in [6.45, 7) is 3.59. The molecule has 7 nitrogen and oxygen atoms in total. The number of carbonyl (C=O) groups excluding carboxylic acids is 1. The van der Waals surface area contributed by atoms with E-state index in [9.17, 15) is 27.9 Å². The Balaban J connectivity index is 2.13. The van der Waals surface area contributed by atoms with Gasteiger partial charge in [0.25, 0.3) is 11.5 Å². The third-order valence-corrected chi connectivity index (χ3v) is 6.00. The van der Waals surface area contributed by atoms with Crippen LogP contribution in [0.15, 0.2) is 58.8 Å². The number of nitrogens with one attached hydrogen (secondary N) is 1. The van der Waals surface area contributed by atoms with E-state index in [2.05, 4.69) is 22.0 Å². The number of aliphatic imine (C=N–C) groups is 1. The van der Waals surface area contributed by atoms with Crippen molar-refractivity contribution in [1.82, 2.24) is 15.1 Å². The Labute approximate surface area is 191 Å². The van der Waals surface area contributed by atoms with Crippen LogP contribution >= 0.6 is 11.8 Å². The predicted octanol–water partition coefficient (Wildman–Crippen LogP) is 2.86. The molecule has 2 atom stereocenters. The van der Waals surface area contributed by atoms with E-state index in [0.29, 0.717) is 11.5 Å². The van der Waals surface area contributed by atoms with Crippen LogP contribution in [0.2, 0.25) is 0 Å². The Morgan fingerprint density at radius 1 is 1.33 bits per heavy atom. The summed E-state index contributed by atoms with van der Waals surface area (Å²) >= 11 is 1.47. The summed E-state index contributed by atoms with van der Waals surface area (Å²) < 4.78 is 39.8. The van der Waals surface area contributed by atoms with Gasteiger partial charge in [0.1, 0.15) is 5.56 Å². The van der Waals surface area contributed by atoms with Crippen LogP contribution in [0.3, 0.4) is 0 Å². The quantitative estimate of drug-likeness (QED) is 0.492. The first kappa shape index (κ1) is 24.5. The number of thioether (sulfide) groups is 1. The van der Waals surface area contributed by atoms with E-state index >= 15 is 0 Å².